The Morgan fingerprint density at radius 1 is 1.44 bits per heavy atom. The summed E-state index contributed by atoms with van der Waals surface area (Å²) >= 11 is 5.61. The number of halogens is 4. The van der Waals surface area contributed by atoms with E-state index >= 15 is 0 Å². The molecule has 0 amide bonds. The molecule has 1 aromatic carbocycles. The van der Waals surface area contributed by atoms with Gasteiger partial charge < -0.3 is 5.73 Å². The van der Waals surface area contributed by atoms with Gasteiger partial charge in [0.25, 0.3) is 0 Å². The molecule has 1 unspecified atom stereocenters. The van der Waals surface area contributed by atoms with Crippen molar-refractivity contribution in [1.29, 1.82) is 5.26 Å². The zero-order valence-electron chi connectivity index (χ0n) is 8.05. The summed E-state index contributed by atoms with van der Waals surface area (Å²) in [5, 5.41) is 7.99. The van der Waals surface area contributed by atoms with E-state index in [1.807, 2.05) is 0 Å². The minimum Gasteiger partial charge on any atom is -0.323 e. The summed E-state index contributed by atoms with van der Waals surface area (Å²) in [5.74, 6) is 0. The van der Waals surface area contributed by atoms with E-state index in [4.69, 9.17) is 22.6 Å². The monoisotopic (exact) mass is 248 g/mol. The summed E-state index contributed by atoms with van der Waals surface area (Å²) in [5.41, 5.74) is 4.75. The Kier molecular flexibility index (Phi) is 3.79. The molecule has 0 fully saturated rings. The van der Waals surface area contributed by atoms with Crippen molar-refractivity contribution >= 4 is 11.6 Å². The van der Waals surface area contributed by atoms with Crippen molar-refractivity contribution in [3.05, 3.63) is 34.3 Å². The van der Waals surface area contributed by atoms with Crippen molar-refractivity contribution in [2.45, 2.75) is 18.6 Å². The molecule has 0 radical (unpaired) electrons. The molecule has 6 heteroatoms. The van der Waals surface area contributed by atoms with Crippen LogP contribution in [0.5, 0.6) is 0 Å². The molecule has 0 saturated carbocycles. The Bertz CT molecular complexity index is 423. The third kappa shape index (κ3) is 2.65. The van der Waals surface area contributed by atoms with Crippen LogP contribution in [0.15, 0.2) is 18.2 Å². The van der Waals surface area contributed by atoms with Crippen LogP contribution in [0, 0.1) is 11.3 Å². The van der Waals surface area contributed by atoms with E-state index in [9.17, 15) is 13.2 Å². The van der Waals surface area contributed by atoms with E-state index in [1.165, 1.54) is 12.1 Å². The molecular formula is C10H8ClF3N2. The molecule has 0 aromatic heterocycles. The Morgan fingerprint density at radius 2 is 2.06 bits per heavy atom. The lowest BCUT2D eigenvalue weighted by Crippen LogP contribution is -2.13. The zero-order valence-corrected chi connectivity index (χ0v) is 8.81. The molecule has 1 atom stereocenters. The lowest BCUT2D eigenvalue weighted by Gasteiger charge is -2.15. The van der Waals surface area contributed by atoms with Gasteiger partial charge in [0.15, 0.2) is 0 Å². The number of rotatable bonds is 2. The molecule has 0 aliphatic carbocycles. The topological polar surface area (TPSA) is 49.8 Å². The predicted molar refractivity (Wildman–Crippen MR) is 53.6 cm³/mol. The summed E-state index contributed by atoms with van der Waals surface area (Å²) in [6, 6.07) is 4.47. The van der Waals surface area contributed by atoms with Gasteiger partial charge in [0.05, 0.1) is 23.1 Å². The van der Waals surface area contributed by atoms with Crippen LogP contribution in [0.2, 0.25) is 5.02 Å². The SMILES string of the molecule is N#CCC(N)c1cccc(C(F)(F)F)c1Cl. The van der Waals surface area contributed by atoms with Crippen molar-refractivity contribution in [2.75, 3.05) is 0 Å². The summed E-state index contributed by atoms with van der Waals surface area (Å²) in [6.07, 6.45) is -4.60. The maximum atomic E-state index is 12.5. The first-order chi connectivity index (χ1) is 7.38. The van der Waals surface area contributed by atoms with Crippen LogP contribution in [0.1, 0.15) is 23.6 Å². The van der Waals surface area contributed by atoms with Gasteiger partial charge >= 0.3 is 6.18 Å². The predicted octanol–water partition coefficient (Wildman–Crippen LogP) is 3.27. The minimum absolute atomic E-state index is 0.0823. The summed E-state index contributed by atoms with van der Waals surface area (Å²) in [7, 11) is 0. The van der Waals surface area contributed by atoms with Crippen LogP contribution in [0.4, 0.5) is 13.2 Å². The zero-order chi connectivity index (χ0) is 12.3. The van der Waals surface area contributed by atoms with Crippen LogP contribution in [-0.2, 0) is 6.18 Å². The number of hydrogen-bond acceptors (Lipinski definition) is 2. The molecule has 0 aliphatic rings. The van der Waals surface area contributed by atoms with Gasteiger partial charge in [-0.15, -0.1) is 0 Å². The van der Waals surface area contributed by atoms with Gasteiger partial charge in [0.2, 0.25) is 0 Å². The Hall–Kier alpha value is -1.25. The molecular weight excluding hydrogens is 241 g/mol. The molecule has 0 spiro atoms. The summed E-state index contributed by atoms with van der Waals surface area (Å²) in [4.78, 5) is 0. The number of nitrogens with zero attached hydrogens (tertiary/aromatic N) is 1. The number of nitrogens with two attached hydrogens (primary N) is 1. The van der Waals surface area contributed by atoms with Gasteiger partial charge in [-0.1, -0.05) is 23.7 Å². The molecule has 0 heterocycles. The molecule has 1 rings (SSSR count). The molecule has 2 nitrogen and oxygen atoms in total. The fourth-order valence-electron chi connectivity index (χ4n) is 1.26. The van der Waals surface area contributed by atoms with E-state index in [2.05, 4.69) is 0 Å². The second kappa shape index (κ2) is 4.73. The maximum Gasteiger partial charge on any atom is 0.417 e. The molecule has 0 aliphatic heterocycles. The minimum atomic E-state index is -4.51. The third-order valence-corrected chi connectivity index (χ3v) is 2.47. The van der Waals surface area contributed by atoms with E-state index in [0.717, 1.165) is 6.07 Å². The summed E-state index contributed by atoms with van der Waals surface area (Å²) in [6.45, 7) is 0. The quantitative estimate of drug-likeness (QED) is 0.873. The average molecular weight is 249 g/mol. The fourth-order valence-corrected chi connectivity index (χ4v) is 1.64. The number of nitriles is 1. The number of hydrogen-bond donors (Lipinski definition) is 1. The maximum absolute atomic E-state index is 12.5. The van der Waals surface area contributed by atoms with E-state index in [1.54, 1.807) is 6.07 Å². The molecule has 0 saturated heterocycles. The van der Waals surface area contributed by atoms with Gasteiger partial charge in [-0.25, -0.2) is 0 Å². The molecule has 0 bridgehead atoms. The number of alkyl halides is 3. The highest BCUT2D eigenvalue weighted by Gasteiger charge is 2.34. The highest BCUT2D eigenvalue weighted by Crippen LogP contribution is 2.37. The molecule has 16 heavy (non-hydrogen) atoms. The van der Waals surface area contributed by atoms with Crippen molar-refractivity contribution in [3.63, 3.8) is 0 Å². The Labute approximate surface area is 95.4 Å². The molecule has 86 valence electrons. The smallest absolute Gasteiger partial charge is 0.323 e. The largest absolute Gasteiger partial charge is 0.417 e. The average Bonchev–Trinajstić information content (AvgIpc) is 2.16. The number of benzene rings is 1. The lowest BCUT2D eigenvalue weighted by atomic mass is 10.0. The van der Waals surface area contributed by atoms with Crippen LogP contribution in [-0.4, -0.2) is 0 Å². The van der Waals surface area contributed by atoms with Crippen LogP contribution in [0.25, 0.3) is 0 Å². The summed E-state index contributed by atoms with van der Waals surface area (Å²) < 4.78 is 37.5. The standard InChI is InChI=1S/C10H8ClF3N2/c11-9-6(8(16)4-5-15)2-1-3-7(9)10(12,13)14/h1-3,8H,4,16H2. The van der Waals surface area contributed by atoms with Gasteiger partial charge in [-0.2, -0.15) is 18.4 Å². The van der Waals surface area contributed by atoms with Crippen molar-refractivity contribution < 1.29 is 13.2 Å². The highest BCUT2D eigenvalue weighted by molar-refractivity contribution is 6.32. The molecule has 2 N–H and O–H groups in total. The van der Waals surface area contributed by atoms with Crippen molar-refractivity contribution in [3.8, 4) is 6.07 Å². The van der Waals surface area contributed by atoms with Crippen molar-refractivity contribution in [1.82, 2.24) is 0 Å². The fraction of sp³-hybridized carbons (Fsp3) is 0.300. The first-order valence-corrected chi connectivity index (χ1v) is 4.74. The first-order valence-electron chi connectivity index (χ1n) is 4.36. The third-order valence-electron chi connectivity index (χ3n) is 2.04. The van der Waals surface area contributed by atoms with Gasteiger partial charge in [0, 0.05) is 6.04 Å². The van der Waals surface area contributed by atoms with Gasteiger partial charge in [-0.05, 0) is 11.6 Å². The van der Waals surface area contributed by atoms with Crippen molar-refractivity contribution in [2.24, 2.45) is 5.73 Å². The second-order valence-electron chi connectivity index (χ2n) is 3.18. The first kappa shape index (κ1) is 12.8. The van der Waals surface area contributed by atoms with Gasteiger partial charge in [-0.3, -0.25) is 0 Å². The van der Waals surface area contributed by atoms with E-state index < -0.39 is 22.8 Å². The Balaban J connectivity index is 3.20. The second-order valence-corrected chi connectivity index (χ2v) is 3.55. The van der Waals surface area contributed by atoms with E-state index in [0.29, 0.717) is 0 Å². The molecule has 1 aromatic rings. The van der Waals surface area contributed by atoms with Crippen LogP contribution in [0.3, 0.4) is 0 Å². The Morgan fingerprint density at radius 3 is 2.56 bits per heavy atom. The highest BCUT2D eigenvalue weighted by atomic mass is 35.5. The lowest BCUT2D eigenvalue weighted by molar-refractivity contribution is -0.137. The van der Waals surface area contributed by atoms with Crippen LogP contribution >= 0.6 is 11.6 Å². The van der Waals surface area contributed by atoms with E-state index in [-0.39, 0.29) is 12.0 Å². The van der Waals surface area contributed by atoms with Gasteiger partial charge in [0.1, 0.15) is 0 Å². The van der Waals surface area contributed by atoms with Crippen LogP contribution < -0.4 is 5.73 Å². The normalized spacial score (nSPS) is 13.2.